The van der Waals surface area contributed by atoms with E-state index in [9.17, 15) is 9.18 Å². The Labute approximate surface area is 102 Å². The van der Waals surface area contributed by atoms with E-state index in [0.717, 1.165) is 0 Å². The smallest absolute Gasteiger partial charge is 0.321 e. The van der Waals surface area contributed by atoms with Gasteiger partial charge in [-0.15, -0.1) is 0 Å². The molecule has 5 heteroatoms. The Balaban J connectivity index is 2.36. The number of ether oxygens (including phenoxy) is 2. The van der Waals surface area contributed by atoms with Gasteiger partial charge < -0.3 is 9.47 Å². The zero-order valence-corrected chi connectivity index (χ0v) is 10.4. The molecular formula is C11H12BrFO3. The molecule has 1 atom stereocenters. The van der Waals surface area contributed by atoms with Crippen molar-refractivity contribution < 1.29 is 18.7 Å². The van der Waals surface area contributed by atoms with Crippen LogP contribution in [-0.2, 0) is 20.9 Å². The first-order chi connectivity index (χ1) is 7.65. The molecule has 1 unspecified atom stereocenters. The van der Waals surface area contributed by atoms with Gasteiger partial charge in [-0.2, -0.15) is 0 Å². The van der Waals surface area contributed by atoms with Gasteiger partial charge in [0.1, 0.15) is 10.6 Å². The summed E-state index contributed by atoms with van der Waals surface area (Å²) in [7, 11) is 1.30. The van der Waals surface area contributed by atoms with Gasteiger partial charge in [-0.05, 0) is 6.07 Å². The highest BCUT2D eigenvalue weighted by atomic mass is 79.9. The van der Waals surface area contributed by atoms with Crippen LogP contribution in [0.25, 0.3) is 0 Å². The summed E-state index contributed by atoms with van der Waals surface area (Å²) >= 11 is 3.10. The van der Waals surface area contributed by atoms with E-state index in [-0.39, 0.29) is 19.0 Å². The Bertz CT molecular complexity index is 357. The molecule has 1 rings (SSSR count). The molecule has 0 aliphatic heterocycles. The summed E-state index contributed by atoms with van der Waals surface area (Å²) in [5.41, 5.74) is 0.465. The van der Waals surface area contributed by atoms with Crippen LogP contribution in [0, 0.1) is 5.82 Å². The van der Waals surface area contributed by atoms with Crippen LogP contribution in [0.5, 0.6) is 0 Å². The Hall–Kier alpha value is -0.940. The second-order valence-electron chi connectivity index (χ2n) is 3.10. The molecule has 0 saturated carbocycles. The van der Waals surface area contributed by atoms with Crippen molar-refractivity contribution in [3.05, 3.63) is 35.6 Å². The lowest BCUT2D eigenvalue weighted by atomic mass is 10.2. The van der Waals surface area contributed by atoms with Crippen LogP contribution in [0.3, 0.4) is 0 Å². The van der Waals surface area contributed by atoms with E-state index in [1.165, 1.54) is 13.2 Å². The molecule has 0 spiro atoms. The quantitative estimate of drug-likeness (QED) is 0.617. The van der Waals surface area contributed by atoms with Gasteiger partial charge in [0, 0.05) is 5.56 Å². The lowest BCUT2D eigenvalue weighted by molar-refractivity contribution is -0.141. The summed E-state index contributed by atoms with van der Waals surface area (Å²) < 4.78 is 22.9. The van der Waals surface area contributed by atoms with E-state index >= 15 is 0 Å². The first kappa shape index (κ1) is 13.1. The van der Waals surface area contributed by atoms with Crippen LogP contribution in [0.15, 0.2) is 24.3 Å². The molecule has 1 aromatic carbocycles. The monoisotopic (exact) mass is 290 g/mol. The summed E-state index contributed by atoms with van der Waals surface area (Å²) in [5, 5.41) is 0. The van der Waals surface area contributed by atoms with Gasteiger partial charge in [0.25, 0.3) is 0 Å². The normalized spacial score (nSPS) is 12.2. The number of halogens is 2. The molecule has 0 radical (unpaired) electrons. The van der Waals surface area contributed by atoms with Crippen molar-refractivity contribution in [2.45, 2.75) is 11.4 Å². The third-order valence-electron chi connectivity index (χ3n) is 1.94. The first-order valence-corrected chi connectivity index (χ1v) is 5.59. The molecule has 88 valence electrons. The minimum absolute atomic E-state index is 0.131. The molecule has 0 saturated heterocycles. The Morgan fingerprint density at radius 3 is 2.81 bits per heavy atom. The average Bonchev–Trinajstić information content (AvgIpc) is 2.30. The minimum atomic E-state index is -0.524. The highest BCUT2D eigenvalue weighted by Gasteiger charge is 2.15. The largest absolute Gasteiger partial charge is 0.468 e. The molecule has 0 bridgehead atoms. The first-order valence-electron chi connectivity index (χ1n) is 4.68. The maximum atomic E-state index is 13.2. The van der Waals surface area contributed by atoms with Gasteiger partial charge in [0.2, 0.25) is 0 Å². The third kappa shape index (κ3) is 3.90. The van der Waals surface area contributed by atoms with Gasteiger partial charge in [0.05, 0.1) is 20.3 Å². The highest BCUT2D eigenvalue weighted by molar-refractivity contribution is 9.10. The molecule has 0 fully saturated rings. The fourth-order valence-electron chi connectivity index (χ4n) is 1.08. The standard InChI is InChI=1S/C11H12BrFO3/c1-15-11(14)9(12)7-16-6-8-4-2-3-5-10(8)13/h2-5,9H,6-7H2,1H3. The van der Waals surface area contributed by atoms with Crippen molar-refractivity contribution in [3.8, 4) is 0 Å². The van der Waals surface area contributed by atoms with E-state index < -0.39 is 10.8 Å². The SMILES string of the molecule is COC(=O)C(Br)COCc1ccccc1F. The summed E-state index contributed by atoms with van der Waals surface area (Å²) in [6.07, 6.45) is 0. The molecule has 0 amide bonds. The number of carbonyl (C=O) groups is 1. The van der Waals surface area contributed by atoms with Crippen molar-refractivity contribution in [3.63, 3.8) is 0 Å². The lowest BCUT2D eigenvalue weighted by Gasteiger charge is -2.08. The predicted octanol–water partition coefficient (Wildman–Crippen LogP) is 2.28. The fourth-order valence-corrected chi connectivity index (χ4v) is 1.46. The van der Waals surface area contributed by atoms with Crippen LogP contribution in [0.2, 0.25) is 0 Å². The third-order valence-corrected chi connectivity index (χ3v) is 2.57. The van der Waals surface area contributed by atoms with Gasteiger partial charge in [-0.25, -0.2) is 4.39 Å². The van der Waals surface area contributed by atoms with E-state index in [2.05, 4.69) is 20.7 Å². The molecule has 0 aliphatic rings. The molecule has 0 heterocycles. The summed E-state index contributed by atoms with van der Waals surface area (Å²) in [6.45, 7) is 0.271. The maximum Gasteiger partial charge on any atom is 0.321 e. The molecular weight excluding hydrogens is 279 g/mol. The molecule has 0 N–H and O–H groups in total. The number of methoxy groups -OCH3 is 1. The van der Waals surface area contributed by atoms with Gasteiger partial charge >= 0.3 is 5.97 Å². The van der Waals surface area contributed by atoms with Crippen LogP contribution < -0.4 is 0 Å². The highest BCUT2D eigenvalue weighted by Crippen LogP contribution is 2.09. The Kier molecular flexibility index (Phi) is 5.42. The van der Waals surface area contributed by atoms with E-state index in [4.69, 9.17) is 4.74 Å². The molecule has 1 aromatic rings. The maximum absolute atomic E-state index is 13.2. The number of rotatable bonds is 5. The van der Waals surface area contributed by atoms with Crippen LogP contribution in [-0.4, -0.2) is 24.5 Å². The van der Waals surface area contributed by atoms with E-state index in [1.54, 1.807) is 18.2 Å². The van der Waals surface area contributed by atoms with Gasteiger partial charge in [-0.1, -0.05) is 34.1 Å². The molecule has 16 heavy (non-hydrogen) atoms. The van der Waals surface area contributed by atoms with E-state index in [1.807, 2.05) is 0 Å². The molecule has 0 aromatic heterocycles. The van der Waals surface area contributed by atoms with Crippen LogP contribution in [0.4, 0.5) is 4.39 Å². The summed E-state index contributed by atoms with van der Waals surface area (Å²) in [4.78, 5) is 10.5. The number of alkyl halides is 1. The number of hydrogen-bond donors (Lipinski definition) is 0. The average molecular weight is 291 g/mol. The van der Waals surface area contributed by atoms with Crippen molar-refractivity contribution >= 4 is 21.9 Å². The van der Waals surface area contributed by atoms with E-state index in [0.29, 0.717) is 5.56 Å². The Morgan fingerprint density at radius 2 is 2.19 bits per heavy atom. The molecule has 0 aliphatic carbocycles. The van der Waals surface area contributed by atoms with Gasteiger partial charge in [0.15, 0.2) is 0 Å². The zero-order valence-electron chi connectivity index (χ0n) is 8.78. The van der Waals surface area contributed by atoms with Crippen LogP contribution in [0.1, 0.15) is 5.56 Å². The minimum Gasteiger partial charge on any atom is -0.468 e. The van der Waals surface area contributed by atoms with Crippen molar-refractivity contribution in [1.29, 1.82) is 0 Å². The number of carbonyl (C=O) groups excluding carboxylic acids is 1. The fraction of sp³-hybridized carbons (Fsp3) is 0.364. The van der Waals surface area contributed by atoms with Crippen molar-refractivity contribution in [2.75, 3.05) is 13.7 Å². The Morgan fingerprint density at radius 1 is 1.50 bits per heavy atom. The zero-order chi connectivity index (χ0) is 12.0. The summed E-state index contributed by atoms with van der Waals surface area (Å²) in [5.74, 6) is -0.722. The second-order valence-corrected chi connectivity index (χ2v) is 4.20. The topological polar surface area (TPSA) is 35.5 Å². The molecule has 3 nitrogen and oxygen atoms in total. The van der Waals surface area contributed by atoms with Gasteiger partial charge in [-0.3, -0.25) is 4.79 Å². The summed E-state index contributed by atoms with van der Waals surface area (Å²) in [6, 6.07) is 6.34. The number of hydrogen-bond acceptors (Lipinski definition) is 3. The second kappa shape index (κ2) is 6.60. The number of esters is 1. The van der Waals surface area contributed by atoms with Crippen molar-refractivity contribution in [1.82, 2.24) is 0 Å². The predicted molar refractivity (Wildman–Crippen MR) is 60.8 cm³/mol. The lowest BCUT2D eigenvalue weighted by Crippen LogP contribution is -2.21. The van der Waals surface area contributed by atoms with Crippen LogP contribution >= 0.6 is 15.9 Å². The van der Waals surface area contributed by atoms with Crippen molar-refractivity contribution in [2.24, 2.45) is 0 Å². The number of benzene rings is 1.